The van der Waals surface area contributed by atoms with Gasteiger partial charge >= 0.3 is 0 Å². The van der Waals surface area contributed by atoms with E-state index in [1.807, 2.05) is 36.4 Å². The van der Waals surface area contributed by atoms with Gasteiger partial charge in [0.15, 0.2) is 5.82 Å². The van der Waals surface area contributed by atoms with Crippen LogP contribution in [0.25, 0.3) is 33.1 Å². The summed E-state index contributed by atoms with van der Waals surface area (Å²) in [6.45, 7) is 0. The van der Waals surface area contributed by atoms with Gasteiger partial charge in [-0.05, 0) is 17.5 Å². The van der Waals surface area contributed by atoms with Gasteiger partial charge in [-0.2, -0.15) is 0 Å². The van der Waals surface area contributed by atoms with Gasteiger partial charge in [-0.15, -0.1) is 0 Å². The molecule has 4 rings (SSSR count). The lowest BCUT2D eigenvalue weighted by atomic mass is 10.1. The van der Waals surface area contributed by atoms with E-state index < -0.39 is 11.6 Å². The topological polar surface area (TPSA) is 25.8 Å². The van der Waals surface area contributed by atoms with Crippen molar-refractivity contribution in [3.63, 3.8) is 0 Å². The highest BCUT2D eigenvalue weighted by atomic mass is 19.1. The summed E-state index contributed by atoms with van der Waals surface area (Å²) in [6.07, 6.45) is 1.67. The van der Waals surface area contributed by atoms with Crippen LogP contribution in [0.4, 0.5) is 8.78 Å². The van der Waals surface area contributed by atoms with Crippen LogP contribution in [-0.2, 0) is 0 Å². The quantitative estimate of drug-likeness (QED) is 0.474. The van der Waals surface area contributed by atoms with Crippen molar-refractivity contribution in [2.24, 2.45) is 0 Å². The van der Waals surface area contributed by atoms with Crippen LogP contribution in [0.2, 0.25) is 0 Å². The highest BCUT2D eigenvalue weighted by molar-refractivity contribution is 6.05. The fraction of sp³-hybridized carbons (Fsp3) is 0. The number of rotatable bonds is 1. The van der Waals surface area contributed by atoms with Crippen molar-refractivity contribution in [2.75, 3.05) is 0 Å². The van der Waals surface area contributed by atoms with Gasteiger partial charge in [0.05, 0.1) is 5.52 Å². The van der Waals surface area contributed by atoms with Crippen LogP contribution in [0, 0.1) is 11.6 Å². The van der Waals surface area contributed by atoms with Crippen LogP contribution in [0.1, 0.15) is 0 Å². The maximum Gasteiger partial charge on any atom is 0.160 e. The van der Waals surface area contributed by atoms with E-state index in [-0.39, 0.29) is 0 Å². The first-order valence-corrected chi connectivity index (χ1v) is 6.82. The first kappa shape index (κ1) is 12.8. The Balaban J connectivity index is 2.01. The van der Waals surface area contributed by atoms with Crippen LogP contribution >= 0.6 is 0 Å². The Bertz CT molecular complexity index is 992. The Kier molecular flexibility index (Phi) is 2.82. The van der Waals surface area contributed by atoms with Crippen molar-refractivity contribution >= 4 is 21.7 Å². The van der Waals surface area contributed by atoms with Gasteiger partial charge in [-0.3, -0.25) is 0 Å². The summed E-state index contributed by atoms with van der Waals surface area (Å²) in [4.78, 5) is 8.73. The summed E-state index contributed by atoms with van der Waals surface area (Å²) < 4.78 is 26.8. The molecule has 0 bridgehead atoms. The maximum absolute atomic E-state index is 13.4. The highest BCUT2D eigenvalue weighted by Gasteiger charge is 2.08. The first-order chi connectivity index (χ1) is 10.7. The second-order valence-electron chi connectivity index (χ2n) is 5.08. The lowest BCUT2D eigenvalue weighted by molar-refractivity contribution is 0.584. The Morgan fingerprint density at radius 2 is 1.50 bits per heavy atom. The van der Waals surface area contributed by atoms with Crippen molar-refractivity contribution < 1.29 is 8.78 Å². The molecule has 0 atom stereocenters. The average molecular weight is 292 g/mol. The van der Waals surface area contributed by atoms with E-state index in [2.05, 4.69) is 9.97 Å². The summed E-state index contributed by atoms with van der Waals surface area (Å²) in [5.41, 5.74) is 1.10. The van der Waals surface area contributed by atoms with Crippen LogP contribution in [-0.4, -0.2) is 9.97 Å². The Morgan fingerprint density at radius 1 is 0.773 bits per heavy atom. The van der Waals surface area contributed by atoms with Crippen molar-refractivity contribution in [1.82, 2.24) is 9.97 Å². The van der Waals surface area contributed by atoms with Crippen molar-refractivity contribution in [1.29, 1.82) is 0 Å². The second-order valence-corrected chi connectivity index (χ2v) is 5.08. The van der Waals surface area contributed by atoms with E-state index in [0.29, 0.717) is 11.4 Å². The lowest BCUT2D eigenvalue weighted by Crippen LogP contribution is -1.92. The van der Waals surface area contributed by atoms with Crippen LogP contribution < -0.4 is 0 Å². The van der Waals surface area contributed by atoms with Crippen molar-refractivity contribution in [3.05, 3.63) is 72.4 Å². The zero-order valence-electron chi connectivity index (χ0n) is 11.4. The normalized spacial score (nSPS) is 11.2. The summed E-state index contributed by atoms with van der Waals surface area (Å²) in [7, 11) is 0. The largest absolute Gasteiger partial charge is 0.236 e. The predicted molar refractivity (Wildman–Crippen MR) is 82.4 cm³/mol. The highest BCUT2D eigenvalue weighted by Crippen LogP contribution is 2.26. The van der Waals surface area contributed by atoms with E-state index in [9.17, 15) is 8.78 Å². The lowest BCUT2D eigenvalue weighted by Gasteiger charge is -2.06. The van der Waals surface area contributed by atoms with Gasteiger partial charge in [0.2, 0.25) is 0 Å². The molecule has 0 spiro atoms. The monoisotopic (exact) mass is 292 g/mol. The molecule has 22 heavy (non-hydrogen) atoms. The molecule has 4 heteroatoms. The number of fused-ring (bicyclic) bond motifs is 3. The SMILES string of the molecule is Fc1cc(F)cc(-c2ncc3ccc4ccccc4c3n2)c1. The van der Waals surface area contributed by atoms with Gasteiger partial charge in [-0.25, -0.2) is 18.7 Å². The maximum atomic E-state index is 13.4. The van der Waals surface area contributed by atoms with Gasteiger partial charge in [0.25, 0.3) is 0 Å². The molecule has 2 nitrogen and oxygen atoms in total. The zero-order valence-corrected chi connectivity index (χ0v) is 11.4. The summed E-state index contributed by atoms with van der Waals surface area (Å²) in [5.74, 6) is -0.976. The fourth-order valence-electron chi connectivity index (χ4n) is 2.59. The molecular weight excluding hydrogens is 282 g/mol. The van der Waals surface area contributed by atoms with Crippen LogP contribution in [0.3, 0.4) is 0 Å². The number of halogens is 2. The van der Waals surface area contributed by atoms with E-state index in [1.54, 1.807) is 6.20 Å². The molecule has 0 fully saturated rings. The smallest absolute Gasteiger partial charge is 0.160 e. The third kappa shape index (κ3) is 2.09. The summed E-state index contributed by atoms with van der Waals surface area (Å²) in [6, 6.07) is 15.1. The van der Waals surface area contributed by atoms with E-state index in [0.717, 1.165) is 27.7 Å². The molecule has 0 aliphatic heterocycles. The molecule has 0 radical (unpaired) electrons. The number of hydrogen-bond acceptors (Lipinski definition) is 2. The molecule has 3 aromatic carbocycles. The molecular formula is C18H10F2N2. The van der Waals surface area contributed by atoms with Gasteiger partial charge < -0.3 is 0 Å². The van der Waals surface area contributed by atoms with Crippen molar-refractivity contribution in [2.45, 2.75) is 0 Å². The Labute approximate surface area is 125 Å². The van der Waals surface area contributed by atoms with Crippen LogP contribution in [0.5, 0.6) is 0 Å². The Hall–Kier alpha value is -2.88. The van der Waals surface area contributed by atoms with E-state index in [4.69, 9.17) is 0 Å². The third-order valence-electron chi connectivity index (χ3n) is 3.60. The Morgan fingerprint density at radius 3 is 2.32 bits per heavy atom. The van der Waals surface area contributed by atoms with Gasteiger partial charge in [-0.1, -0.05) is 36.4 Å². The zero-order chi connectivity index (χ0) is 15.1. The van der Waals surface area contributed by atoms with Crippen molar-refractivity contribution in [3.8, 4) is 11.4 Å². The summed E-state index contributed by atoms with van der Waals surface area (Å²) >= 11 is 0. The third-order valence-corrected chi connectivity index (χ3v) is 3.60. The minimum atomic E-state index is -0.642. The number of benzene rings is 3. The molecule has 4 aromatic rings. The molecule has 0 N–H and O–H groups in total. The molecule has 0 aliphatic rings. The predicted octanol–water partition coefficient (Wildman–Crippen LogP) is 4.73. The van der Waals surface area contributed by atoms with E-state index in [1.165, 1.54) is 12.1 Å². The molecule has 1 heterocycles. The first-order valence-electron chi connectivity index (χ1n) is 6.82. The standard InChI is InChI=1S/C18H10F2N2/c19-14-7-13(8-15(20)9-14)18-21-10-12-6-5-11-3-1-2-4-16(11)17(12)22-18/h1-10H. The number of nitrogens with zero attached hydrogens (tertiary/aromatic N) is 2. The fourth-order valence-corrected chi connectivity index (χ4v) is 2.59. The number of hydrogen-bond donors (Lipinski definition) is 0. The molecule has 0 amide bonds. The molecule has 0 aliphatic carbocycles. The second kappa shape index (κ2) is 4.84. The average Bonchev–Trinajstić information content (AvgIpc) is 2.53. The molecule has 0 saturated carbocycles. The van der Waals surface area contributed by atoms with Gasteiger partial charge in [0, 0.05) is 28.6 Å². The summed E-state index contributed by atoms with van der Waals surface area (Å²) in [5, 5.41) is 2.94. The molecule has 1 aromatic heterocycles. The van der Waals surface area contributed by atoms with Gasteiger partial charge in [0.1, 0.15) is 11.6 Å². The molecule has 0 saturated heterocycles. The number of aromatic nitrogens is 2. The molecule has 106 valence electrons. The molecule has 0 unspecified atom stereocenters. The minimum Gasteiger partial charge on any atom is -0.236 e. The minimum absolute atomic E-state index is 0.308. The van der Waals surface area contributed by atoms with E-state index >= 15 is 0 Å². The van der Waals surface area contributed by atoms with Crippen LogP contribution in [0.15, 0.2) is 60.8 Å².